The van der Waals surface area contributed by atoms with Gasteiger partial charge in [-0.15, -0.1) is 0 Å². The summed E-state index contributed by atoms with van der Waals surface area (Å²) in [5, 5.41) is 8.37. The lowest BCUT2D eigenvalue weighted by Crippen LogP contribution is -2.41. The molecule has 0 aromatic carbocycles. The Balaban J connectivity index is 1.64. The Kier molecular flexibility index (Phi) is 6.21. The van der Waals surface area contributed by atoms with E-state index < -0.39 is 0 Å². The SMILES string of the molecule is CCC(CC)[C@@H]1C[C@@H](NCc2cn(C)nc2-c2cccnc2)CCO1. The van der Waals surface area contributed by atoms with Gasteiger partial charge in [-0.3, -0.25) is 9.67 Å². The molecule has 3 rings (SSSR count). The number of rotatable bonds is 7. The summed E-state index contributed by atoms with van der Waals surface area (Å²) in [6, 6.07) is 4.54. The molecule has 1 N–H and O–H groups in total. The van der Waals surface area contributed by atoms with Crippen LogP contribution in [0.3, 0.4) is 0 Å². The molecule has 25 heavy (non-hydrogen) atoms. The van der Waals surface area contributed by atoms with Gasteiger partial charge in [0.1, 0.15) is 0 Å². The van der Waals surface area contributed by atoms with Crippen molar-refractivity contribution >= 4 is 0 Å². The summed E-state index contributed by atoms with van der Waals surface area (Å²) in [4.78, 5) is 4.22. The molecule has 2 atom stereocenters. The molecule has 0 spiro atoms. The maximum absolute atomic E-state index is 6.04. The van der Waals surface area contributed by atoms with Crippen LogP contribution in [-0.4, -0.2) is 33.5 Å². The first kappa shape index (κ1) is 18.1. The van der Waals surface area contributed by atoms with E-state index in [1.54, 1.807) is 6.20 Å². The van der Waals surface area contributed by atoms with Gasteiger partial charge < -0.3 is 10.1 Å². The molecule has 1 fully saturated rings. The Morgan fingerprint density at radius 3 is 2.92 bits per heavy atom. The molecule has 0 aliphatic carbocycles. The Labute approximate surface area is 150 Å². The molecule has 1 saturated heterocycles. The summed E-state index contributed by atoms with van der Waals surface area (Å²) in [5.74, 6) is 0.675. The van der Waals surface area contributed by atoms with E-state index in [1.165, 1.54) is 18.4 Å². The van der Waals surface area contributed by atoms with Crippen LogP contribution in [0.5, 0.6) is 0 Å². The van der Waals surface area contributed by atoms with E-state index in [0.717, 1.165) is 37.3 Å². The second-order valence-electron chi connectivity index (χ2n) is 7.01. The normalized spacial score (nSPS) is 21.0. The largest absolute Gasteiger partial charge is 0.378 e. The predicted molar refractivity (Wildman–Crippen MR) is 100 cm³/mol. The second kappa shape index (κ2) is 8.59. The van der Waals surface area contributed by atoms with Crippen molar-refractivity contribution in [3.05, 3.63) is 36.3 Å². The fourth-order valence-electron chi connectivity index (χ4n) is 3.82. The quantitative estimate of drug-likeness (QED) is 0.836. The monoisotopic (exact) mass is 342 g/mol. The summed E-state index contributed by atoms with van der Waals surface area (Å²) in [6.07, 6.45) is 10.8. The first-order chi connectivity index (χ1) is 12.2. The molecule has 0 radical (unpaired) electrons. The summed E-state index contributed by atoms with van der Waals surface area (Å²) in [7, 11) is 1.97. The van der Waals surface area contributed by atoms with Crippen LogP contribution < -0.4 is 5.32 Å². The van der Waals surface area contributed by atoms with Crippen LogP contribution in [0.4, 0.5) is 0 Å². The maximum atomic E-state index is 6.04. The topological polar surface area (TPSA) is 52.0 Å². The number of hydrogen-bond donors (Lipinski definition) is 1. The van der Waals surface area contributed by atoms with Crippen LogP contribution in [0.15, 0.2) is 30.7 Å². The molecule has 0 bridgehead atoms. The van der Waals surface area contributed by atoms with E-state index in [1.807, 2.05) is 24.0 Å². The third-order valence-corrected chi connectivity index (χ3v) is 5.31. The molecule has 2 aromatic rings. The molecule has 5 nitrogen and oxygen atoms in total. The molecule has 2 aromatic heterocycles. The number of nitrogens with zero attached hydrogens (tertiary/aromatic N) is 3. The minimum Gasteiger partial charge on any atom is -0.378 e. The highest BCUT2D eigenvalue weighted by Gasteiger charge is 2.27. The minimum absolute atomic E-state index is 0.396. The number of pyridine rings is 1. The lowest BCUT2D eigenvalue weighted by atomic mass is 9.89. The predicted octanol–water partition coefficient (Wildman–Crippen LogP) is 3.56. The van der Waals surface area contributed by atoms with Gasteiger partial charge in [0.2, 0.25) is 0 Å². The first-order valence-corrected chi connectivity index (χ1v) is 9.49. The summed E-state index contributed by atoms with van der Waals surface area (Å²) < 4.78 is 7.92. The average molecular weight is 342 g/mol. The molecular formula is C20H30N4O. The van der Waals surface area contributed by atoms with Gasteiger partial charge in [-0.2, -0.15) is 5.10 Å². The highest BCUT2D eigenvalue weighted by atomic mass is 16.5. The van der Waals surface area contributed by atoms with E-state index in [-0.39, 0.29) is 0 Å². The van der Waals surface area contributed by atoms with Gasteiger partial charge in [0.25, 0.3) is 0 Å². The summed E-state index contributed by atoms with van der Waals surface area (Å²) >= 11 is 0. The van der Waals surface area contributed by atoms with Gasteiger partial charge in [-0.05, 0) is 30.9 Å². The Bertz CT molecular complexity index is 651. The van der Waals surface area contributed by atoms with Crippen molar-refractivity contribution in [2.45, 2.75) is 58.2 Å². The highest BCUT2D eigenvalue weighted by Crippen LogP contribution is 2.26. The number of nitrogens with one attached hydrogen (secondary N) is 1. The van der Waals surface area contributed by atoms with Crippen molar-refractivity contribution in [3.63, 3.8) is 0 Å². The standard InChI is InChI=1S/C20H30N4O/c1-4-15(5-2)19-11-18(8-10-25-19)22-13-17-14-24(3)23-20(17)16-7-6-9-21-12-16/h6-7,9,12,14-15,18-19,22H,4-5,8,10-11,13H2,1-3H3/t18-,19-/m0/s1. The smallest absolute Gasteiger partial charge is 0.0983 e. The molecule has 136 valence electrons. The van der Waals surface area contributed by atoms with E-state index >= 15 is 0 Å². The van der Waals surface area contributed by atoms with Crippen LogP contribution in [-0.2, 0) is 18.3 Å². The molecule has 0 amide bonds. The molecular weight excluding hydrogens is 312 g/mol. The van der Waals surface area contributed by atoms with Crippen molar-refractivity contribution in [1.82, 2.24) is 20.1 Å². The third-order valence-electron chi connectivity index (χ3n) is 5.31. The van der Waals surface area contributed by atoms with Crippen LogP contribution in [0.25, 0.3) is 11.3 Å². The van der Waals surface area contributed by atoms with E-state index in [4.69, 9.17) is 4.74 Å². The highest BCUT2D eigenvalue weighted by molar-refractivity contribution is 5.61. The van der Waals surface area contributed by atoms with E-state index in [0.29, 0.717) is 18.1 Å². The Morgan fingerprint density at radius 2 is 2.20 bits per heavy atom. The molecule has 3 heterocycles. The maximum Gasteiger partial charge on any atom is 0.0983 e. The van der Waals surface area contributed by atoms with Crippen molar-refractivity contribution in [1.29, 1.82) is 0 Å². The van der Waals surface area contributed by atoms with Crippen molar-refractivity contribution in [3.8, 4) is 11.3 Å². The lowest BCUT2D eigenvalue weighted by molar-refractivity contribution is -0.0350. The fourth-order valence-corrected chi connectivity index (χ4v) is 3.82. The van der Waals surface area contributed by atoms with Crippen LogP contribution in [0.1, 0.15) is 45.1 Å². The van der Waals surface area contributed by atoms with Crippen molar-refractivity contribution < 1.29 is 4.74 Å². The van der Waals surface area contributed by atoms with Gasteiger partial charge in [0, 0.05) is 56.0 Å². The van der Waals surface area contributed by atoms with Gasteiger partial charge in [-0.1, -0.05) is 26.7 Å². The van der Waals surface area contributed by atoms with Crippen LogP contribution in [0, 0.1) is 5.92 Å². The zero-order valence-electron chi connectivity index (χ0n) is 15.6. The molecule has 1 aliphatic rings. The third kappa shape index (κ3) is 4.47. The minimum atomic E-state index is 0.396. The van der Waals surface area contributed by atoms with Gasteiger partial charge >= 0.3 is 0 Å². The van der Waals surface area contributed by atoms with Gasteiger partial charge in [0.05, 0.1) is 11.8 Å². The van der Waals surface area contributed by atoms with Gasteiger partial charge in [0.15, 0.2) is 0 Å². The number of aryl methyl sites for hydroxylation is 1. The number of aromatic nitrogens is 3. The van der Waals surface area contributed by atoms with E-state index in [2.05, 4.69) is 41.5 Å². The average Bonchev–Trinajstić information content (AvgIpc) is 3.03. The van der Waals surface area contributed by atoms with E-state index in [9.17, 15) is 0 Å². The van der Waals surface area contributed by atoms with Gasteiger partial charge in [-0.25, -0.2) is 0 Å². The fraction of sp³-hybridized carbons (Fsp3) is 0.600. The Morgan fingerprint density at radius 1 is 1.36 bits per heavy atom. The second-order valence-corrected chi connectivity index (χ2v) is 7.01. The molecule has 0 unspecified atom stereocenters. The molecule has 0 saturated carbocycles. The first-order valence-electron chi connectivity index (χ1n) is 9.49. The lowest BCUT2D eigenvalue weighted by Gasteiger charge is -2.34. The number of hydrogen-bond acceptors (Lipinski definition) is 4. The van der Waals surface area contributed by atoms with Crippen LogP contribution >= 0.6 is 0 Å². The molecule has 1 aliphatic heterocycles. The molecule has 5 heteroatoms. The van der Waals surface area contributed by atoms with Crippen LogP contribution in [0.2, 0.25) is 0 Å². The zero-order valence-corrected chi connectivity index (χ0v) is 15.6. The Hall–Kier alpha value is -1.72. The number of ether oxygens (including phenoxy) is 1. The summed E-state index contributed by atoms with van der Waals surface area (Å²) in [6.45, 7) is 6.23. The van der Waals surface area contributed by atoms with Crippen molar-refractivity contribution in [2.24, 2.45) is 13.0 Å². The summed E-state index contributed by atoms with van der Waals surface area (Å²) in [5.41, 5.74) is 3.31. The zero-order chi connectivity index (χ0) is 17.6. The van der Waals surface area contributed by atoms with Crippen molar-refractivity contribution in [2.75, 3.05) is 6.61 Å².